The van der Waals surface area contributed by atoms with E-state index in [1.165, 1.54) is 35.1 Å². The van der Waals surface area contributed by atoms with Crippen molar-refractivity contribution in [1.29, 1.82) is 0 Å². The van der Waals surface area contributed by atoms with Gasteiger partial charge in [-0.3, -0.25) is 0 Å². The molecule has 12 nitrogen and oxygen atoms in total. The maximum atomic E-state index is 12.4. The average molecular weight is 930 g/mol. The largest absolute Gasteiger partial charge is 0.444 e. The predicted molar refractivity (Wildman–Crippen MR) is 243 cm³/mol. The third kappa shape index (κ3) is 10.5. The number of aryl methyl sites for hydroxylation is 2. The van der Waals surface area contributed by atoms with Gasteiger partial charge in [-0.1, -0.05) is 74.8 Å². The lowest BCUT2D eigenvalue weighted by molar-refractivity contribution is -0.146. The molecule has 0 radical (unpaired) electrons. The normalized spacial score (nSPS) is 24.8. The molecule has 1 N–H and O–H groups in total. The average Bonchev–Trinajstić information content (AvgIpc) is 4.19. The number of fused-ring (bicyclic) bond motifs is 4. The molecule has 2 amide bonds. The van der Waals surface area contributed by atoms with Crippen LogP contribution in [-0.2, 0) is 26.1 Å². The number of amides is 2. The van der Waals surface area contributed by atoms with Crippen molar-refractivity contribution in [3.05, 3.63) is 82.3 Å². The molecule has 4 aliphatic carbocycles. The topological polar surface area (TPSA) is 141 Å². The number of aromatic nitrogens is 2. The Kier molecular flexibility index (Phi) is 13.2. The fourth-order valence-corrected chi connectivity index (χ4v) is 10.00. The SMILES string of the molecule is CC(C)(C)OC(=O)N1CC2CC(C1)C2O.Cc1ccccc1-c1noc(C2CC2)c1CBr.Cc1ccccc1-c1noc(C2CC2)c1COC1C2CC1CN(C(=O)OC(C)(C)C)C2. The van der Waals surface area contributed by atoms with Crippen molar-refractivity contribution < 1.29 is 38.0 Å². The molecular weight excluding hydrogens is 864 g/mol. The summed E-state index contributed by atoms with van der Waals surface area (Å²) in [7, 11) is 0. The van der Waals surface area contributed by atoms with E-state index in [4.69, 9.17) is 23.3 Å². The molecule has 4 saturated carbocycles. The van der Waals surface area contributed by atoms with Crippen LogP contribution in [0.3, 0.4) is 0 Å². The van der Waals surface area contributed by atoms with E-state index in [0.717, 1.165) is 65.0 Å². The van der Waals surface area contributed by atoms with Gasteiger partial charge in [0.15, 0.2) is 0 Å². The van der Waals surface area contributed by atoms with Gasteiger partial charge in [-0.15, -0.1) is 0 Å². The van der Waals surface area contributed by atoms with E-state index in [2.05, 4.69) is 70.4 Å². The molecule has 11 rings (SSSR count). The maximum Gasteiger partial charge on any atom is 0.410 e. The number of piperidine rings is 4. The summed E-state index contributed by atoms with van der Waals surface area (Å²) in [5, 5.41) is 19.1. The van der Waals surface area contributed by atoms with Gasteiger partial charge in [0.25, 0.3) is 0 Å². The summed E-state index contributed by atoms with van der Waals surface area (Å²) < 4.78 is 28.6. The summed E-state index contributed by atoms with van der Waals surface area (Å²) in [6.07, 6.45) is 6.51. The zero-order valence-electron chi connectivity index (χ0n) is 38.2. The van der Waals surface area contributed by atoms with Gasteiger partial charge < -0.3 is 38.2 Å². The van der Waals surface area contributed by atoms with Crippen LogP contribution < -0.4 is 0 Å². The number of aliphatic hydroxyl groups is 1. The number of hydrogen-bond donors (Lipinski definition) is 1. The Morgan fingerprint density at radius 3 is 1.51 bits per heavy atom. The Morgan fingerprint density at radius 2 is 1.10 bits per heavy atom. The van der Waals surface area contributed by atoms with E-state index in [1.54, 1.807) is 4.90 Å². The third-order valence-corrected chi connectivity index (χ3v) is 13.7. The van der Waals surface area contributed by atoms with Crippen molar-refractivity contribution in [1.82, 2.24) is 20.1 Å². The van der Waals surface area contributed by atoms with Gasteiger partial charge in [0.05, 0.1) is 18.8 Å². The Bertz CT molecular complexity index is 2230. The van der Waals surface area contributed by atoms with Gasteiger partial charge in [0.1, 0.15) is 34.1 Å². The van der Waals surface area contributed by atoms with Crippen LogP contribution in [0.25, 0.3) is 22.5 Å². The van der Waals surface area contributed by atoms with Crippen molar-refractivity contribution >= 4 is 28.1 Å². The minimum Gasteiger partial charge on any atom is -0.444 e. The number of alkyl halides is 1. The molecule has 2 aromatic heterocycles. The molecular formula is C50H65BrN4O8. The lowest BCUT2D eigenvalue weighted by atomic mass is 9.68. The van der Waals surface area contributed by atoms with E-state index >= 15 is 0 Å². The van der Waals surface area contributed by atoms with Gasteiger partial charge in [0.2, 0.25) is 0 Å². The number of ether oxygens (including phenoxy) is 3. The standard InChI is InChI=1S/C25H32N2O4.C14H14BrNO.C11H19NO3/c1-15-7-5-6-8-19(15)21-20(23(31-26-21)16-9-10-16)14-29-22-17-11-18(22)13-27(12-17)24(28)30-25(2,3)4;1-9-4-2-3-5-11(9)13-12(8-15)14(17-16-13)10-6-7-10;1-11(2,3)15-10(14)12-5-7-4-8(6-12)9(7)13/h5-8,16-18,22H,9-14H2,1-4H3;2-5,10H,6-8H2,1H3;7-9,13H,4-6H2,1-3H3. The first-order valence-corrected chi connectivity index (χ1v) is 24.0. The zero-order chi connectivity index (χ0) is 44.8. The first-order chi connectivity index (χ1) is 30.0. The molecule has 4 unspecified atom stereocenters. The van der Waals surface area contributed by atoms with Crippen LogP contribution in [0.4, 0.5) is 9.59 Å². The highest BCUT2D eigenvalue weighted by molar-refractivity contribution is 9.08. The van der Waals surface area contributed by atoms with Crippen molar-refractivity contribution in [3.63, 3.8) is 0 Å². The molecule has 4 atom stereocenters. The van der Waals surface area contributed by atoms with Gasteiger partial charge >= 0.3 is 12.2 Å². The number of likely N-dealkylation sites (tertiary alicyclic amines) is 1. The molecule has 4 aromatic rings. The summed E-state index contributed by atoms with van der Waals surface area (Å²) in [6, 6.07) is 16.6. The van der Waals surface area contributed by atoms with Crippen molar-refractivity contribution in [2.45, 2.75) is 141 Å². The molecule has 2 aromatic carbocycles. The molecule has 13 heteroatoms. The van der Waals surface area contributed by atoms with Gasteiger partial charge in [0, 0.05) is 89.3 Å². The fourth-order valence-electron chi connectivity index (χ4n) is 9.45. The number of benzene rings is 2. The zero-order valence-corrected chi connectivity index (χ0v) is 39.8. The molecule has 7 fully saturated rings. The van der Waals surface area contributed by atoms with Crippen LogP contribution in [0.1, 0.15) is 126 Å². The minimum absolute atomic E-state index is 0.186. The Morgan fingerprint density at radius 1 is 0.683 bits per heavy atom. The number of carbonyl (C=O) groups excluding carboxylic acids is 2. The van der Waals surface area contributed by atoms with E-state index in [9.17, 15) is 14.7 Å². The van der Waals surface area contributed by atoms with Crippen LogP contribution >= 0.6 is 15.9 Å². The van der Waals surface area contributed by atoms with Crippen LogP contribution in [0, 0.1) is 37.5 Å². The highest BCUT2D eigenvalue weighted by Gasteiger charge is 2.50. The van der Waals surface area contributed by atoms with Crippen molar-refractivity contribution in [2.75, 3.05) is 26.2 Å². The van der Waals surface area contributed by atoms with Crippen LogP contribution in [0.5, 0.6) is 0 Å². The second-order valence-electron chi connectivity index (χ2n) is 20.6. The summed E-state index contributed by atoms with van der Waals surface area (Å²) in [4.78, 5) is 27.7. The first kappa shape index (κ1) is 45.4. The number of rotatable bonds is 8. The Labute approximate surface area is 380 Å². The van der Waals surface area contributed by atoms with Gasteiger partial charge in [-0.25, -0.2) is 9.59 Å². The molecule has 0 spiro atoms. The summed E-state index contributed by atoms with van der Waals surface area (Å²) in [5.74, 6) is 4.46. The monoisotopic (exact) mass is 928 g/mol. The fraction of sp³-hybridized carbons (Fsp3) is 0.600. The Balaban J connectivity index is 0.000000143. The first-order valence-electron chi connectivity index (χ1n) is 22.9. The lowest BCUT2D eigenvalue weighted by Gasteiger charge is -2.52. The number of carbonyl (C=O) groups is 2. The van der Waals surface area contributed by atoms with E-state index in [-0.39, 0.29) is 36.2 Å². The van der Waals surface area contributed by atoms with Crippen LogP contribution in [0.2, 0.25) is 0 Å². The highest BCUT2D eigenvalue weighted by Crippen LogP contribution is 2.48. The third-order valence-electron chi connectivity index (χ3n) is 13.1. The number of hydrogen-bond acceptors (Lipinski definition) is 10. The van der Waals surface area contributed by atoms with E-state index in [1.807, 2.05) is 64.6 Å². The predicted octanol–water partition coefficient (Wildman–Crippen LogP) is 11.0. The van der Waals surface area contributed by atoms with Crippen LogP contribution in [-0.4, -0.2) is 87.0 Å². The summed E-state index contributed by atoms with van der Waals surface area (Å²) in [5.41, 5.74) is 8.07. The second-order valence-corrected chi connectivity index (χ2v) is 21.2. The van der Waals surface area contributed by atoms with Gasteiger partial charge in [-0.05, 0) is 105 Å². The lowest BCUT2D eigenvalue weighted by Crippen LogP contribution is -2.60. The minimum atomic E-state index is -0.464. The number of nitrogens with zero attached hydrogens (tertiary/aromatic N) is 4. The molecule has 5 heterocycles. The van der Waals surface area contributed by atoms with Crippen LogP contribution in [0.15, 0.2) is 57.6 Å². The number of halogens is 1. The van der Waals surface area contributed by atoms with Crippen molar-refractivity contribution in [2.24, 2.45) is 23.7 Å². The molecule has 340 valence electrons. The highest BCUT2D eigenvalue weighted by atomic mass is 79.9. The molecule has 7 aliphatic rings. The maximum absolute atomic E-state index is 12.4. The van der Waals surface area contributed by atoms with Crippen molar-refractivity contribution in [3.8, 4) is 22.5 Å². The summed E-state index contributed by atoms with van der Waals surface area (Å²) in [6.45, 7) is 18.8. The molecule has 63 heavy (non-hydrogen) atoms. The second kappa shape index (κ2) is 18.4. The van der Waals surface area contributed by atoms with E-state index in [0.29, 0.717) is 56.5 Å². The van der Waals surface area contributed by atoms with E-state index < -0.39 is 11.2 Å². The quantitative estimate of drug-likeness (QED) is 0.170. The molecule has 4 bridgehead atoms. The van der Waals surface area contributed by atoms with Gasteiger partial charge in [-0.2, -0.15) is 0 Å². The molecule has 3 aliphatic heterocycles. The Hall–Kier alpha value is -4.20. The number of aliphatic hydroxyl groups excluding tert-OH is 1. The smallest absolute Gasteiger partial charge is 0.410 e. The molecule has 3 saturated heterocycles. The summed E-state index contributed by atoms with van der Waals surface area (Å²) >= 11 is 3.56.